The molecule has 1 radical (unpaired) electrons. The summed E-state index contributed by atoms with van der Waals surface area (Å²) in [4.78, 5) is 5.26. The van der Waals surface area contributed by atoms with E-state index >= 15 is 0 Å². The minimum absolute atomic E-state index is 0.188. The van der Waals surface area contributed by atoms with Crippen molar-refractivity contribution in [2.24, 2.45) is 11.8 Å². The summed E-state index contributed by atoms with van der Waals surface area (Å²) in [6, 6.07) is 10.2. The Kier molecular flexibility index (Phi) is 11.6. The Hall–Kier alpha value is -2.15. The molecule has 1 aromatic carbocycles. The second-order valence-electron chi connectivity index (χ2n) is 11.3. The van der Waals surface area contributed by atoms with Crippen molar-refractivity contribution in [1.82, 2.24) is 9.80 Å². The lowest BCUT2D eigenvalue weighted by molar-refractivity contribution is -0.110. The molecule has 39 heavy (non-hydrogen) atoms. The molecule has 3 nitrogen and oxygen atoms in total. The number of hydrogen-bond acceptors (Lipinski definition) is 3. The largest absolute Gasteiger partial charge is 0.386 e. The maximum atomic E-state index is 10.4. The normalized spacial score (nSPS) is 25.3. The summed E-state index contributed by atoms with van der Waals surface area (Å²) >= 11 is 0. The molecule has 4 rings (SSSR count). The SMILES string of the molecule is C=CC(Cc1ccc(C2=C[CH]2)cc1)/C(C)=C\C(=C)C1CC(C)N(CCN2CCOCC2)C(C)C1.CC(F)(F)F. The average Bonchev–Trinajstić information content (AvgIpc) is 3.72. The molecule has 0 spiro atoms. The number of likely N-dealkylation sites (tertiary alicyclic amines) is 1. The quantitative estimate of drug-likeness (QED) is 0.224. The van der Waals surface area contributed by atoms with E-state index in [0.29, 0.717) is 23.9 Å². The van der Waals surface area contributed by atoms with Gasteiger partial charge >= 0.3 is 6.18 Å². The summed E-state index contributed by atoms with van der Waals surface area (Å²) in [6.45, 7) is 22.1. The van der Waals surface area contributed by atoms with Crippen LogP contribution in [0.1, 0.15) is 51.7 Å². The van der Waals surface area contributed by atoms with Crippen molar-refractivity contribution < 1.29 is 17.9 Å². The number of halogens is 3. The van der Waals surface area contributed by atoms with Gasteiger partial charge in [0.1, 0.15) is 0 Å². The third-order valence-corrected chi connectivity index (χ3v) is 8.04. The minimum atomic E-state index is -4.00. The molecule has 3 unspecified atom stereocenters. The van der Waals surface area contributed by atoms with Crippen molar-refractivity contribution in [3.8, 4) is 0 Å². The van der Waals surface area contributed by atoms with E-state index in [-0.39, 0.29) is 6.92 Å². The lowest BCUT2D eigenvalue weighted by Crippen LogP contribution is -2.50. The fourth-order valence-corrected chi connectivity index (χ4v) is 5.72. The van der Waals surface area contributed by atoms with Gasteiger partial charge in [-0.3, -0.25) is 9.80 Å². The molecular formula is C33H46F3N2O. The summed E-state index contributed by atoms with van der Waals surface area (Å²) in [5.74, 6) is 0.908. The van der Waals surface area contributed by atoms with Crippen LogP contribution in [0.5, 0.6) is 0 Å². The van der Waals surface area contributed by atoms with Crippen molar-refractivity contribution in [3.05, 3.63) is 84.3 Å². The third-order valence-electron chi connectivity index (χ3n) is 8.04. The zero-order chi connectivity index (χ0) is 28.6. The maximum Gasteiger partial charge on any atom is 0.386 e. The molecule has 6 heteroatoms. The van der Waals surface area contributed by atoms with Crippen molar-refractivity contribution in [2.45, 2.75) is 65.2 Å². The van der Waals surface area contributed by atoms with Crippen LogP contribution < -0.4 is 0 Å². The van der Waals surface area contributed by atoms with Crippen LogP contribution in [-0.2, 0) is 11.2 Å². The smallest absolute Gasteiger partial charge is 0.379 e. The molecule has 2 aliphatic heterocycles. The van der Waals surface area contributed by atoms with Crippen LogP contribution in [0.2, 0.25) is 0 Å². The van der Waals surface area contributed by atoms with E-state index in [0.717, 1.165) is 45.8 Å². The minimum Gasteiger partial charge on any atom is -0.379 e. The van der Waals surface area contributed by atoms with Gasteiger partial charge in [0.25, 0.3) is 0 Å². The molecule has 215 valence electrons. The molecule has 1 aliphatic carbocycles. The summed E-state index contributed by atoms with van der Waals surface area (Å²) in [7, 11) is 0. The number of allylic oxidation sites excluding steroid dienone is 6. The Balaban J connectivity index is 0.000000771. The van der Waals surface area contributed by atoms with E-state index in [1.807, 2.05) is 0 Å². The van der Waals surface area contributed by atoms with Gasteiger partial charge in [-0.15, -0.1) is 6.58 Å². The van der Waals surface area contributed by atoms with E-state index in [9.17, 15) is 13.2 Å². The first kappa shape index (κ1) is 31.4. The summed E-state index contributed by atoms with van der Waals surface area (Å²) in [5.41, 5.74) is 6.71. The van der Waals surface area contributed by atoms with Crippen molar-refractivity contribution >= 4 is 5.57 Å². The van der Waals surface area contributed by atoms with Crippen LogP contribution in [0, 0.1) is 18.3 Å². The van der Waals surface area contributed by atoms with Gasteiger partial charge in [0.15, 0.2) is 0 Å². The molecular weight excluding hydrogens is 497 g/mol. The van der Waals surface area contributed by atoms with E-state index in [1.165, 1.54) is 40.7 Å². The zero-order valence-electron chi connectivity index (χ0n) is 24.1. The molecule has 0 N–H and O–H groups in total. The molecule has 0 amide bonds. The van der Waals surface area contributed by atoms with Crippen LogP contribution in [0.15, 0.2) is 66.8 Å². The van der Waals surface area contributed by atoms with Gasteiger partial charge in [0.05, 0.1) is 13.2 Å². The van der Waals surface area contributed by atoms with Gasteiger partial charge < -0.3 is 4.74 Å². The molecule has 0 saturated carbocycles. The summed E-state index contributed by atoms with van der Waals surface area (Å²) in [5, 5.41) is 0. The topological polar surface area (TPSA) is 15.7 Å². The fourth-order valence-electron chi connectivity index (χ4n) is 5.72. The second-order valence-corrected chi connectivity index (χ2v) is 11.3. The van der Waals surface area contributed by atoms with Crippen LogP contribution in [0.25, 0.3) is 5.57 Å². The van der Waals surface area contributed by atoms with Crippen LogP contribution in [0.3, 0.4) is 0 Å². The van der Waals surface area contributed by atoms with Gasteiger partial charge in [-0.2, -0.15) is 13.2 Å². The van der Waals surface area contributed by atoms with Gasteiger partial charge in [-0.25, -0.2) is 0 Å². The fraction of sp³-hybridized carbons (Fsp3) is 0.545. The van der Waals surface area contributed by atoms with Crippen molar-refractivity contribution in [1.29, 1.82) is 0 Å². The number of hydrogen-bond donors (Lipinski definition) is 0. The first-order valence-electron chi connectivity index (χ1n) is 14.2. The van der Waals surface area contributed by atoms with Crippen LogP contribution in [-0.4, -0.2) is 67.5 Å². The van der Waals surface area contributed by atoms with Gasteiger partial charge in [0.2, 0.25) is 0 Å². The lowest BCUT2D eigenvalue weighted by Gasteiger charge is -2.44. The highest BCUT2D eigenvalue weighted by atomic mass is 19.4. The highest BCUT2D eigenvalue weighted by Gasteiger charge is 2.32. The number of benzene rings is 1. The highest BCUT2D eigenvalue weighted by Crippen LogP contribution is 2.34. The maximum absolute atomic E-state index is 10.4. The number of rotatable bonds is 10. The molecule has 2 saturated heterocycles. The number of alkyl halides is 3. The van der Waals surface area contributed by atoms with Gasteiger partial charge in [-0.1, -0.05) is 60.2 Å². The molecule has 2 fully saturated rings. The van der Waals surface area contributed by atoms with E-state index in [4.69, 9.17) is 4.74 Å². The number of piperidine rings is 1. The highest BCUT2D eigenvalue weighted by molar-refractivity contribution is 5.87. The van der Waals surface area contributed by atoms with Crippen molar-refractivity contribution in [2.75, 3.05) is 39.4 Å². The molecule has 1 aromatic rings. The molecule has 3 atom stereocenters. The Morgan fingerprint density at radius 2 is 1.64 bits per heavy atom. The Morgan fingerprint density at radius 3 is 2.15 bits per heavy atom. The predicted molar refractivity (Wildman–Crippen MR) is 156 cm³/mol. The molecule has 3 aliphatic rings. The molecule has 0 bridgehead atoms. The monoisotopic (exact) mass is 543 g/mol. The standard InChI is InChI=1S/C31H43N2O.C2H3F3/c1-6-28(22-27-7-9-29(10-8-27)30-11-12-30)23(2)19-24(3)31-20-25(4)33(26(5)21-31)14-13-32-15-17-34-18-16-32;1-2(3,4)5/h6-12,19,25-26,28,31H,1,3,13-18,20-22H2,2,4-5H3;1H3/b23-19-;. The summed E-state index contributed by atoms with van der Waals surface area (Å²) < 4.78 is 36.6. The van der Waals surface area contributed by atoms with E-state index in [1.54, 1.807) is 0 Å². The van der Waals surface area contributed by atoms with Crippen LogP contribution >= 0.6 is 0 Å². The molecule has 0 aromatic heterocycles. The Labute approximate surface area is 234 Å². The average molecular weight is 544 g/mol. The summed E-state index contributed by atoms with van der Waals surface area (Å²) in [6.07, 6.45) is 8.18. The first-order valence-corrected chi connectivity index (χ1v) is 14.2. The van der Waals surface area contributed by atoms with Crippen LogP contribution in [0.4, 0.5) is 13.2 Å². The van der Waals surface area contributed by atoms with Gasteiger partial charge in [-0.05, 0) is 62.7 Å². The van der Waals surface area contributed by atoms with E-state index in [2.05, 4.69) is 92.6 Å². The molecule has 2 heterocycles. The lowest BCUT2D eigenvalue weighted by atomic mass is 9.81. The zero-order valence-corrected chi connectivity index (χ0v) is 24.1. The predicted octanol–water partition coefficient (Wildman–Crippen LogP) is 7.52. The Bertz CT molecular complexity index is 987. The number of morpholine rings is 1. The third kappa shape index (κ3) is 10.7. The van der Waals surface area contributed by atoms with Crippen molar-refractivity contribution in [3.63, 3.8) is 0 Å². The first-order chi connectivity index (χ1) is 18.4. The second kappa shape index (κ2) is 14.5. The number of ether oxygens (including phenoxy) is 1. The number of nitrogens with zero attached hydrogens (tertiary/aromatic N) is 2. The van der Waals surface area contributed by atoms with E-state index < -0.39 is 6.18 Å². The van der Waals surface area contributed by atoms with Gasteiger partial charge in [0, 0.05) is 57.5 Å². The Morgan fingerprint density at radius 1 is 1.08 bits per heavy atom.